The topological polar surface area (TPSA) is 102 Å². The van der Waals surface area contributed by atoms with Gasteiger partial charge in [-0.2, -0.15) is 0 Å². The third-order valence-electron chi connectivity index (χ3n) is 8.84. The average molecular weight is 663 g/mol. The van der Waals surface area contributed by atoms with Gasteiger partial charge in [0.25, 0.3) is 0 Å². The van der Waals surface area contributed by atoms with Gasteiger partial charge >= 0.3 is 12.0 Å². The van der Waals surface area contributed by atoms with Crippen molar-refractivity contribution in [2.45, 2.75) is 97.6 Å². The van der Waals surface area contributed by atoms with Crippen LogP contribution in [-0.4, -0.2) is 35.7 Å². The van der Waals surface area contributed by atoms with Crippen LogP contribution in [0.15, 0.2) is 48.7 Å². The summed E-state index contributed by atoms with van der Waals surface area (Å²) in [5.41, 5.74) is 3.39. The van der Waals surface area contributed by atoms with Gasteiger partial charge in [-0.05, 0) is 94.2 Å². The monoisotopic (exact) mass is 662 g/mol. The standard InChI is InChI=1S/C37H47FN4O4S/c1-5-24(9-8-10-26(6-2)36(43)45-7-3)11-12-25-13-17-30(39-22-25)34-21-31-35(47-34)33(19-23(4)40-31)46-32-18-16-28(20-29(32)38)42-37(44)41-27-14-15-27/h13,16-24,26-27,40H,5-12,14-15H2,1-4H3,(H2,41,42,44). The zero-order valence-corrected chi connectivity index (χ0v) is 28.7. The van der Waals surface area contributed by atoms with Crippen LogP contribution in [-0.2, 0) is 16.0 Å². The van der Waals surface area contributed by atoms with E-state index in [-0.39, 0.29) is 35.8 Å². The third-order valence-corrected chi connectivity index (χ3v) is 10.0. The van der Waals surface area contributed by atoms with Gasteiger partial charge in [-0.25, -0.2) is 9.18 Å². The maximum atomic E-state index is 15.0. The summed E-state index contributed by atoms with van der Waals surface area (Å²) in [5.74, 6) is 0.685. The van der Waals surface area contributed by atoms with Crippen LogP contribution in [0.25, 0.3) is 16.3 Å². The molecule has 47 heavy (non-hydrogen) atoms. The van der Waals surface area contributed by atoms with Crippen LogP contribution in [0.3, 0.4) is 0 Å². The molecule has 1 fully saturated rings. The number of amides is 2. The van der Waals surface area contributed by atoms with Crippen molar-refractivity contribution in [1.29, 1.82) is 0 Å². The summed E-state index contributed by atoms with van der Waals surface area (Å²) in [6, 6.07) is 10.6. The fourth-order valence-corrected chi connectivity index (χ4v) is 6.94. The van der Waals surface area contributed by atoms with Crippen molar-refractivity contribution >= 4 is 40.5 Å². The number of fused-ring (bicyclic) bond motifs is 1. The SMILES string of the molecule is CCOC(=O)C(CC)CCCC(CC)CCc1ccc(-c2cc3c(s2)C(Oc2ccc(NC(=O)NC4CC4)cc2F)=CC(C)N3)nc1. The molecule has 2 aliphatic rings. The summed E-state index contributed by atoms with van der Waals surface area (Å²) in [6.07, 6.45) is 12.9. The number of anilines is 2. The summed E-state index contributed by atoms with van der Waals surface area (Å²) >= 11 is 1.55. The second-order valence-corrected chi connectivity index (χ2v) is 13.6. The van der Waals surface area contributed by atoms with E-state index in [4.69, 9.17) is 14.5 Å². The predicted octanol–water partition coefficient (Wildman–Crippen LogP) is 9.19. The molecule has 2 amide bonds. The molecule has 3 unspecified atom stereocenters. The number of nitrogens with zero attached hydrogens (tertiary/aromatic N) is 1. The first-order chi connectivity index (χ1) is 22.8. The number of hydrogen-bond acceptors (Lipinski definition) is 7. The zero-order valence-electron chi connectivity index (χ0n) is 27.9. The van der Waals surface area contributed by atoms with Crippen LogP contribution in [0.5, 0.6) is 5.75 Å². The summed E-state index contributed by atoms with van der Waals surface area (Å²) in [4.78, 5) is 30.9. The van der Waals surface area contributed by atoms with E-state index in [0.29, 0.717) is 24.0 Å². The van der Waals surface area contributed by atoms with Crippen molar-refractivity contribution in [3.63, 3.8) is 0 Å². The first-order valence-electron chi connectivity index (χ1n) is 17.1. The van der Waals surface area contributed by atoms with E-state index in [0.717, 1.165) is 78.9 Å². The number of pyridine rings is 1. The molecule has 1 aliphatic heterocycles. The summed E-state index contributed by atoms with van der Waals surface area (Å²) in [5, 5.41) is 8.99. The smallest absolute Gasteiger partial charge is 0.319 e. The number of esters is 1. The van der Waals surface area contributed by atoms with Gasteiger partial charge in [0.2, 0.25) is 0 Å². The number of thiophene rings is 1. The van der Waals surface area contributed by atoms with Crippen molar-refractivity contribution in [3.05, 3.63) is 64.9 Å². The molecule has 0 spiro atoms. The number of nitrogens with one attached hydrogen (secondary N) is 3. The lowest BCUT2D eigenvalue weighted by molar-refractivity contribution is -0.148. The van der Waals surface area contributed by atoms with Gasteiger partial charge in [-0.15, -0.1) is 11.3 Å². The van der Waals surface area contributed by atoms with Gasteiger partial charge in [0.15, 0.2) is 11.6 Å². The van der Waals surface area contributed by atoms with Crippen molar-refractivity contribution in [2.24, 2.45) is 11.8 Å². The van der Waals surface area contributed by atoms with Gasteiger partial charge in [-0.3, -0.25) is 9.78 Å². The lowest BCUT2D eigenvalue weighted by Crippen LogP contribution is -2.30. The van der Waals surface area contributed by atoms with Crippen LogP contribution in [0, 0.1) is 17.7 Å². The Hall–Kier alpha value is -3.92. The molecule has 5 rings (SSSR count). The van der Waals surface area contributed by atoms with Crippen LogP contribution in [0.1, 0.15) is 89.5 Å². The molecule has 0 saturated heterocycles. The Balaban J connectivity index is 1.17. The highest BCUT2D eigenvalue weighted by atomic mass is 32.1. The summed E-state index contributed by atoms with van der Waals surface area (Å²) in [6.45, 7) is 8.62. The lowest BCUT2D eigenvalue weighted by atomic mass is 9.90. The number of benzene rings is 1. The highest BCUT2D eigenvalue weighted by Crippen LogP contribution is 2.42. The molecule has 1 aromatic carbocycles. The summed E-state index contributed by atoms with van der Waals surface area (Å²) in [7, 11) is 0. The van der Waals surface area contributed by atoms with Gasteiger partial charge in [-0.1, -0.05) is 39.2 Å². The van der Waals surface area contributed by atoms with E-state index in [1.54, 1.807) is 23.5 Å². The second-order valence-electron chi connectivity index (χ2n) is 12.6. The maximum absolute atomic E-state index is 15.0. The molecule has 0 radical (unpaired) electrons. The molecule has 0 bridgehead atoms. The number of hydrogen-bond donors (Lipinski definition) is 3. The fraction of sp³-hybridized carbons (Fsp3) is 0.486. The highest BCUT2D eigenvalue weighted by molar-refractivity contribution is 7.17. The Bertz CT molecular complexity index is 1550. The minimum Gasteiger partial charge on any atom is -0.466 e. The van der Waals surface area contributed by atoms with Gasteiger partial charge < -0.3 is 25.4 Å². The fourth-order valence-electron chi connectivity index (χ4n) is 5.88. The highest BCUT2D eigenvalue weighted by Gasteiger charge is 2.25. The van der Waals surface area contributed by atoms with E-state index in [1.165, 1.54) is 11.6 Å². The number of carbonyl (C=O) groups excluding carboxylic acids is 2. The zero-order chi connectivity index (χ0) is 33.3. The number of urea groups is 1. The predicted molar refractivity (Wildman–Crippen MR) is 187 cm³/mol. The van der Waals surface area contributed by atoms with Crippen molar-refractivity contribution in [3.8, 4) is 16.3 Å². The quantitative estimate of drug-likeness (QED) is 0.132. The number of ether oxygens (including phenoxy) is 2. The van der Waals surface area contributed by atoms with Gasteiger partial charge in [0.1, 0.15) is 5.76 Å². The Morgan fingerprint density at radius 2 is 1.91 bits per heavy atom. The second kappa shape index (κ2) is 16.3. The van der Waals surface area contributed by atoms with E-state index >= 15 is 4.39 Å². The molecule has 2 aromatic heterocycles. The Morgan fingerprint density at radius 1 is 1.09 bits per heavy atom. The van der Waals surface area contributed by atoms with E-state index in [9.17, 15) is 9.59 Å². The number of carbonyl (C=O) groups is 2. The first-order valence-corrected chi connectivity index (χ1v) is 17.9. The van der Waals surface area contributed by atoms with Gasteiger partial charge in [0.05, 0.1) is 33.7 Å². The molecule has 1 saturated carbocycles. The van der Waals surface area contributed by atoms with E-state index < -0.39 is 5.82 Å². The molecule has 8 nitrogen and oxygen atoms in total. The molecule has 10 heteroatoms. The molecular weight excluding hydrogens is 615 g/mol. The molecular formula is C37H47FN4O4S. The minimum absolute atomic E-state index is 0.00469. The van der Waals surface area contributed by atoms with Crippen molar-refractivity contribution < 1.29 is 23.5 Å². The molecule has 1 aliphatic carbocycles. The average Bonchev–Trinajstić information content (AvgIpc) is 3.76. The van der Waals surface area contributed by atoms with Crippen LogP contribution in [0.4, 0.5) is 20.6 Å². The van der Waals surface area contributed by atoms with Crippen molar-refractivity contribution in [1.82, 2.24) is 10.3 Å². The van der Waals surface area contributed by atoms with E-state index in [1.807, 2.05) is 26.1 Å². The number of aryl methyl sites for hydroxylation is 1. The first kappa shape index (κ1) is 34.4. The van der Waals surface area contributed by atoms with Crippen LogP contribution < -0.4 is 20.7 Å². The molecule has 252 valence electrons. The molecule has 3 heterocycles. The molecule has 3 aromatic rings. The van der Waals surface area contributed by atoms with Crippen LogP contribution in [0.2, 0.25) is 0 Å². The number of rotatable bonds is 16. The Morgan fingerprint density at radius 3 is 2.60 bits per heavy atom. The third kappa shape index (κ3) is 9.56. The number of halogens is 1. The van der Waals surface area contributed by atoms with Crippen LogP contribution >= 0.6 is 11.3 Å². The largest absolute Gasteiger partial charge is 0.466 e. The Kier molecular flexibility index (Phi) is 11.9. The van der Waals surface area contributed by atoms with Gasteiger partial charge in [0, 0.05) is 30.0 Å². The van der Waals surface area contributed by atoms with Crippen molar-refractivity contribution in [2.75, 3.05) is 17.2 Å². The molecule has 3 atom stereocenters. The normalized spacial score (nSPS) is 16.7. The number of aromatic nitrogens is 1. The maximum Gasteiger partial charge on any atom is 0.319 e. The summed E-state index contributed by atoms with van der Waals surface area (Å²) < 4.78 is 26.4. The molecule has 3 N–H and O–H groups in total. The van der Waals surface area contributed by atoms with E-state index in [2.05, 4.69) is 48.0 Å². The minimum atomic E-state index is -0.552. The Labute approximate surface area is 281 Å². The lowest BCUT2D eigenvalue weighted by Gasteiger charge is -2.21.